The quantitative estimate of drug-likeness (QED) is 0.766. The molecule has 3 heterocycles. The second-order valence-corrected chi connectivity index (χ2v) is 8.45. The Kier molecular flexibility index (Phi) is 4.21. The number of aromatic amines is 1. The zero-order chi connectivity index (χ0) is 19.3. The van der Waals surface area contributed by atoms with Crippen LogP contribution < -0.4 is 9.47 Å². The molecule has 0 saturated heterocycles. The molecule has 26 heavy (non-hydrogen) atoms. The summed E-state index contributed by atoms with van der Waals surface area (Å²) >= 11 is 0. The molecule has 0 radical (unpaired) electrons. The number of fused-ring (bicyclic) bond motifs is 1. The Balaban J connectivity index is 2.10. The lowest BCUT2D eigenvalue weighted by Crippen LogP contribution is -2.26. The van der Waals surface area contributed by atoms with Gasteiger partial charge in [-0.05, 0) is 54.5 Å². The summed E-state index contributed by atoms with van der Waals surface area (Å²) in [6, 6.07) is 2.35. The molecular formula is C19H27N5O2. The van der Waals surface area contributed by atoms with Gasteiger partial charge in [0.1, 0.15) is 16.8 Å². The molecule has 0 saturated carbocycles. The number of aryl methyl sites for hydroxylation is 2. The van der Waals surface area contributed by atoms with Crippen molar-refractivity contribution in [2.24, 2.45) is 7.05 Å². The van der Waals surface area contributed by atoms with Gasteiger partial charge < -0.3 is 14.5 Å². The maximum atomic E-state index is 6.10. The molecule has 0 unspecified atom stereocenters. The lowest BCUT2D eigenvalue weighted by Gasteiger charge is -2.24. The molecule has 0 amide bonds. The number of ether oxygens (including phenoxy) is 2. The largest absolute Gasteiger partial charge is 0.471 e. The van der Waals surface area contributed by atoms with E-state index >= 15 is 0 Å². The Bertz CT molecular complexity index is 907. The van der Waals surface area contributed by atoms with Crippen molar-refractivity contribution in [3.8, 4) is 23.1 Å². The maximum absolute atomic E-state index is 6.10. The van der Waals surface area contributed by atoms with Gasteiger partial charge in [0.05, 0.1) is 17.0 Å². The summed E-state index contributed by atoms with van der Waals surface area (Å²) in [6.45, 7) is 13.8. The number of hydrogen-bond donors (Lipinski definition) is 1. The van der Waals surface area contributed by atoms with Gasteiger partial charge in [-0.1, -0.05) is 0 Å². The number of nitrogens with one attached hydrogen (secondary N) is 1. The molecule has 0 bridgehead atoms. The number of hydrogen-bond acceptors (Lipinski definition) is 5. The summed E-state index contributed by atoms with van der Waals surface area (Å²) in [5, 5.41) is 5.49. The van der Waals surface area contributed by atoms with Crippen molar-refractivity contribution in [1.29, 1.82) is 0 Å². The van der Waals surface area contributed by atoms with Crippen LogP contribution in [0.2, 0.25) is 0 Å². The Morgan fingerprint density at radius 1 is 1.04 bits per heavy atom. The predicted octanol–water partition coefficient (Wildman–Crippen LogP) is 4.02. The molecule has 0 atom stereocenters. The summed E-state index contributed by atoms with van der Waals surface area (Å²) < 4.78 is 13.7. The van der Waals surface area contributed by atoms with E-state index in [1.807, 2.05) is 60.2 Å². The first kappa shape index (κ1) is 18.2. The lowest BCUT2D eigenvalue weighted by molar-refractivity contribution is 0.103. The third kappa shape index (κ3) is 3.81. The normalized spacial score (nSPS) is 12.6. The van der Waals surface area contributed by atoms with E-state index in [1.54, 1.807) is 6.20 Å². The zero-order valence-corrected chi connectivity index (χ0v) is 16.8. The van der Waals surface area contributed by atoms with Crippen LogP contribution in [0, 0.1) is 6.92 Å². The van der Waals surface area contributed by atoms with Gasteiger partial charge in [-0.15, -0.1) is 0 Å². The SMILES string of the molecule is Cc1nn(C)c2[nH]c(-c3cnc(OC(C)(C)C)nc3OC(C)(C)C)cc12. The van der Waals surface area contributed by atoms with Crippen molar-refractivity contribution >= 4 is 11.0 Å². The highest BCUT2D eigenvalue weighted by Gasteiger charge is 2.22. The fourth-order valence-electron chi connectivity index (χ4n) is 2.68. The fraction of sp³-hybridized carbons (Fsp3) is 0.526. The van der Waals surface area contributed by atoms with Gasteiger partial charge in [0.15, 0.2) is 0 Å². The Morgan fingerprint density at radius 3 is 2.27 bits per heavy atom. The highest BCUT2D eigenvalue weighted by Crippen LogP contribution is 2.34. The Morgan fingerprint density at radius 2 is 1.69 bits per heavy atom. The average Bonchev–Trinajstić information content (AvgIpc) is 2.98. The van der Waals surface area contributed by atoms with Crippen LogP contribution in [0.4, 0.5) is 0 Å². The number of rotatable bonds is 3. The fourth-order valence-corrected chi connectivity index (χ4v) is 2.68. The van der Waals surface area contributed by atoms with Gasteiger partial charge >= 0.3 is 6.01 Å². The van der Waals surface area contributed by atoms with Crippen LogP contribution in [-0.4, -0.2) is 35.9 Å². The molecule has 0 spiro atoms. The van der Waals surface area contributed by atoms with Crippen molar-refractivity contribution in [1.82, 2.24) is 24.7 Å². The van der Waals surface area contributed by atoms with E-state index in [9.17, 15) is 0 Å². The number of nitrogens with zero attached hydrogens (tertiary/aromatic N) is 4. The van der Waals surface area contributed by atoms with E-state index in [-0.39, 0.29) is 5.60 Å². The molecule has 7 heteroatoms. The molecule has 0 aliphatic carbocycles. The Hall–Kier alpha value is -2.57. The predicted molar refractivity (Wildman–Crippen MR) is 102 cm³/mol. The van der Waals surface area contributed by atoms with Crippen molar-refractivity contribution in [2.45, 2.75) is 59.7 Å². The summed E-state index contributed by atoms with van der Waals surface area (Å²) in [5.41, 5.74) is 2.82. The van der Waals surface area contributed by atoms with Gasteiger partial charge in [-0.25, -0.2) is 4.98 Å². The summed E-state index contributed by atoms with van der Waals surface area (Å²) in [6.07, 6.45) is 1.74. The molecule has 7 nitrogen and oxygen atoms in total. The molecule has 3 rings (SSSR count). The van der Waals surface area contributed by atoms with Gasteiger partial charge in [0.25, 0.3) is 0 Å². The van der Waals surface area contributed by atoms with Crippen LogP contribution >= 0.6 is 0 Å². The van der Waals surface area contributed by atoms with Crippen molar-refractivity contribution in [2.75, 3.05) is 0 Å². The van der Waals surface area contributed by atoms with Crippen LogP contribution in [0.1, 0.15) is 47.2 Å². The standard InChI is InChI=1S/C19H27N5O2/c1-11-12-9-14(21-15(12)24(8)23-11)13-10-20-17(26-19(5,6)7)22-16(13)25-18(2,3)4/h9-10,21H,1-8H3. The monoisotopic (exact) mass is 357 g/mol. The van der Waals surface area contributed by atoms with Crippen molar-refractivity contribution in [3.63, 3.8) is 0 Å². The molecular weight excluding hydrogens is 330 g/mol. The van der Waals surface area contributed by atoms with E-state index in [4.69, 9.17) is 9.47 Å². The average molecular weight is 357 g/mol. The molecule has 1 N–H and O–H groups in total. The van der Waals surface area contributed by atoms with Crippen LogP contribution in [0.25, 0.3) is 22.3 Å². The van der Waals surface area contributed by atoms with Gasteiger partial charge in [-0.3, -0.25) is 4.68 Å². The van der Waals surface area contributed by atoms with E-state index in [0.29, 0.717) is 11.9 Å². The molecule has 0 aromatic carbocycles. The minimum absolute atomic E-state index is 0.300. The molecule has 0 aliphatic rings. The Labute approximate surface area is 153 Å². The molecule has 3 aromatic heterocycles. The van der Waals surface area contributed by atoms with E-state index < -0.39 is 5.60 Å². The lowest BCUT2D eigenvalue weighted by atomic mass is 10.1. The number of aromatic nitrogens is 5. The second kappa shape index (κ2) is 6.00. The molecule has 0 aliphatic heterocycles. The maximum Gasteiger partial charge on any atom is 0.320 e. The van der Waals surface area contributed by atoms with Crippen LogP contribution in [0.5, 0.6) is 11.9 Å². The summed E-state index contributed by atoms with van der Waals surface area (Å²) in [5.74, 6) is 0.490. The third-order valence-electron chi connectivity index (χ3n) is 3.63. The van der Waals surface area contributed by atoms with Crippen molar-refractivity contribution < 1.29 is 9.47 Å². The third-order valence-corrected chi connectivity index (χ3v) is 3.63. The van der Waals surface area contributed by atoms with Crippen LogP contribution in [0.15, 0.2) is 12.3 Å². The van der Waals surface area contributed by atoms with E-state index in [2.05, 4.69) is 26.1 Å². The summed E-state index contributed by atoms with van der Waals surface area (Å²) in [4.78, 5) is 12.3. The molecule has 140 valence electrons. The minimum Gasteiger partial charge on any atom is -0.471 e. The van der Waals surface area contributed by atoms with E-state index in [0.717, 1.165) is 28.0 Å². The highest BCUT2D eigenvalue weighted by atomic mass is 16.5. The van der Waals surface area contributed by atoms with Gasteiger partial charge in [0.2, 0.25) is 5.88 Å². The highest BCUT2D eigenvalue weighted by molar-refractivity contribution is 5.86. The van der Waals surface area contributed by atoms with Crippen LogP contribution in [-0.2, 0) is 7.05 Å². The van der Waals surface area contributed by atoms with Gasteiger partial charge in [-0.2, -0.15) is 10.1 Å². The molecule has 0 fully saturated rings. The zero-order valence-electron chi connectivity index (χ0n) is 16.8. The first-order chi connectivity index (χ1) is 11.9. The topological polar surface area (TPSA) is 77.9 Å². The molecule has 3 aromatic rings. The van der Waals surface area contributed by atoms with E-state index in [1.165, 1.54) is 0 Å². The second-order valence-electron chi connectivity index (χ2n) is 8.45. The summed E-state index contributed by atoms with van der Waals surface area (Å²) in [7, 11) is 1.92. The van der Waals surface area contributed by atoms with Crippen molar-refractivity contribution in [3.05, 3.63) is 18.0 Å². The first-order valence-corrected chi connectivity index (χ1v) is 8.71. The smallest absolute Gasteiger partial charge is 0.320 e. The first-order valence-electron chi connectivity index (χ1n) is 8.71. The van der Waals surface area contributed by atoms with Crippen LogP contribution in [0.3, 0.4) is 0 Å². The number of H-pyrrole nitrogens is 1. The minimum atomic E-state index is -0.397. The van der Waals surface area contributed by atoms with Gasteiger partial charge in [0, 0.05) is 18.6 Å².